The standard InChI is InChI=1S/C8H15N3O/c1-8(2,3)6(10)7(12)11-5-4-9/h6H,5,10H2,1-3H3,(H,11,12)/t6-/m1/s1. The van der Waals surface area contributed by atoms with Crippen LogP contribution in [0.2, 0.25) is 0 Å². The average Bonchev–Trinajstić information content (AvgIpc) is 1.97. The Morgan fingerprint density at radius 3 is 2.50 bits per heavy atom. The minimum Gasteiger partial charge on any atom is -0.342 e. The van der Waals surface area contributed by atoms with Crippen molar-refractivity contribution in [3.8, 4) is 6.07 Å². The van der Waals surface area contributed by atoms with Gasteiger partial charge in [0.1, 0.15) is 6.54 Å². The van der Waals surface area contributed by atoms with Crippen LogP contribution in [0.25, 0.3) is 0 Å². The molecule has 3 N–H and O–H groups in total. The lowest BCUT2D eigenvalue weighted by Gasteiger charge is -2.25. The van der Waals surface area contributed by atoms with E-state index < -0.39 is 6.04 Å². The molecule has 4 nitrogen and oxygen atoms in total. The first-order chi connectivity index (χ1) is 5.39. The highest BCUT2D eigenvalue weighted by atomic mass is 16.2. The van der Waals surface area contributed by atoms with Crippen LogP contribution in [0, 0.1) is 16.7 Å². The van der Waals surface area contributed by atoms with Gasteiger partial charge in [0.25, 0.3) is 0 Å². The Morgan fingerprint density at radius 2 is 2.17 bits per heavy atom. The molecule has 1 amide bonds. The lowest BCUT2D eigenvalue weighted by molar-refractivity contribution is -0.124. The van der Waals surface area contributed by atoms with Crippen molar-refractivity contribution in [2.24, 2.45) is 11.1 Å². The number of amides is 1. The number of nitrogens with one attached hydrogen (secondary N) is 1. The van der Waals surface area contributed by atoms with Crippen LogP contribution < -0.4 is 11.1 Å². The molecule has 0 saturated carbocycles. The molecule has 0 aromatic rings. The molecule has 0 aliphatic rings. The van der Waals surface area contributed by atoms with Crippen molar-refractivity contribution in [2.75, 3.05) is 6.54 Å². The molecular formula is C8H15N3O. The van der Waals surface area contributed by atoms with Gasteiger partial charge in [-0.2, -0.15) is 5.26 Å². The summed E-state index contributed by atoms with van der Waals surface area (Å²) >= 11 is 0. The zero-order chi connectivity index (χ0) is 9.78. The van der Waals surface area contributed by atoms with Crippen molar-refractivity contribution in [2.45, 2.75) is 26.8 Å². The van der Waals surface area contributed by atoms with Gasteiger partial charge in [-0.1, -0.05) is 20.8 Å². The van der Waals surface area contributed by atoms with Crippen LogP contribution >= 0.6 is 0 Å². The molecule has 4 heteroatoms. The molecular weight excluding hydrogens is 154 g/mol. The molecule has 0 bridgehead atoms. The summed E-state index contributed by atoms with van der Waals surface area (Å²) in [6, 6.07) is 1.25. The molecule has 0 aromatic carbocycles. The number of nitrogens with two attached hydrogens (primary N) is 1. The van der Waals surface area contributed by atoms with E-state index in [-0.39, 0.29) is 17.9 Å². The van der Waals surface area contributed by atoms with Gasteiger partial charge >= 0.3 is 0 Å². The maximum Gasteiger partial charge on any atom is 0.238 e. The highest BCUT2D eigenvalue weighted by molar-refractivity contribution is 5.82. The van der Waals surface area contributed by atoms with Gasteiger partial charge in [-0.3, -0.25) is 4.79 Å². The van der Waals surface area contributed by atoms with Crippen LogP contribution in [0.1, 0.15) is 20.8 Å². The summed E-state index contributed by atoms with van der Waals surface area (Å²) in [7, 11) is 0. The summed E-state index contributed by atoms with van der Waals surface area (Å²) in [5.74, 6) is -0.274. The summed E-state index contributed by atoms with van der Waals surface area (Å²) in [4.78, 5) is 11.2. The van der Waals surface area contributed by atoms with E-state index in [1.165, 1.54) is 0 Å². The fraction of sp³-hybridized carbons (Fsp3) is 0.750. The van der Waals surface area contributed by atoms with E-state index in [1.54, 1.807) is 0 Å². The molecule has 68 valence electrons. The second-order valence-electron chi connectivity index (χ2n) is 3.72. The van der Waals surface area contributed by atoms with Crippen LogP contribution in [-0.4, -0.2) is 18.5 Å². The van der Waals surface area contributed by atoms with E-state index in [2.05, 4.69) is 5.32 Å². The molecule has 0 radical (unpaired) electrons. The molecule has 0 aliphatic heterocycles. The normalized spacial score (nSPS) is 13.2. The third kappa shape index (κ3) is 3.35. The highest BCUT2D eigenvalue weighted by Crippen LogP contribution is 2.16. The molecule has 0 aliphatic carbocycles. The Labute approximate surface area is 72.7 Å². The molecule has 0 saturated heterocycles. The number of nitriles is 1. The molecule has 1 atom stereocenters. The van der Waals surface area contributed by atoms with Crippen LogP contribution in [0.4, 0.5) is 0 Å². The minimum absolute atomic E-state index is 0.0165. The van der Waals surface area contributed by atoms with E-state index in [0.29, 0.717) is 0 Å². The van der Waals surface area contributed by atoms with Gasteiger partial charge in [-0.25, -0.2) is 0 Å². The van der Waals surface area contributed by atoms with Crippen molar-refractivity contribution in [3.63, 3.8) is 0 Å². The second kappa shape index (κ2) is 4.07. The SMILES string of the molecule is CC(C)(C)[C@H](N)C(=O)NCC#N. The molecule has 0 aromatic heterocycles. The smallest absolute Gasteiger partial charge is 0.238 e. The molecule has 0 fully saturated rings. The van der Waals surface area contributed by atoms with Gasteiger partial charge in [0.05, 0.1) is 12.1 Å². The zero-order valence-corrected chi connectivity index (χ0v) is 7.72. The fourth-order valence-corrected chi connectivity index (χ4v) is 0.630. The van der Waals surface area contributed by atoms with Crippen LogP contribution in [-0.2, 0) is 4.79 Å². The van der Waals surface area contributed by atoms with Crippen molar-refractivity contribution in [1.82, 2.24) is 5.32 Å². The average molecular weight is 169 g/mol. The Bertz CT molecular complexity index is 199. The van der Waals surface area contributed by atoms with Crippen molar-refractivity contribution < 1.29 is 4.79 Å². The maximum atomic E-state index is 11.2. The van der Waals surface area contributed by atoms with E-state index in [4.69, 9.17) is 11.0 Å². The zero-order valence-electron chi connectivity index (χ0n) is 7.72. The highest BCUT2D eigenvalue weighted by Gasteiger charge is 2.26. The minimum atomic E-state index is -0.564. The Balaban J connectivity index is 4.04. The third-order valence-electron chi connectivity index (χ3n) is 1.56. The second-order valence-corrected chi connectivity index (χ2v) is 3.72. The lowest BCUT2D eigenvalue weighted by Crippen LogP contribution is -2.48. The van der Waals surface area contributed by atoms with Crippen molar-refractivity contribution >= 4 is 5.91 Å². The van der Waals surface area contributed by atoms with Gasteiger partial charge in [0, 0.05) is 0 Å². The number of carbonyl (C=O) groups is 1. The van der Waals surface area contributed by atoms with Crippen LogP contribution in [0.15, 0.2) is 0 Å². The van der Waals surface area contributed by atoms with E-state index in [9.17, 15) is 4.79 Å². The monoisotopic (exact) mass is 169 g/mol. The maximum absolute atomic E-state index is 11.2. The predicted octanol–water partition coefficient (Wildman–Crippen LogP) is -0.000420. The Kier molecular flexibility index (Phi) is 3.71. The van der Waals surface area contributed by atoms with Gasteiger partial charge in [-0.15, -0.1) is 0 Å². The summed E-state index contributed by atoms with van der Waals surface area (Å²) in [5.41, 5.74) is 5.35. The third-order valence-corrected chi connectivity index (χ3v) is 1.56. The summed E-state index contributed by atoms with van der Waals surface area (Å²) in [6.45, 7) is 5.65. The number of hydrogen-bond donors (Lipinski definition) is 2. The van der Waals surface area contributed by atoms with Crippen LogP contribution in [0.5, 0.6) is 0 Å². The number of hydrogen-bond acceptors (Lipinski definition) is 3. The molecule has 0 spiro atoms. The summed E-state index contributed by atoms with van der Waals surface area (Å²) < 4.78 is 0. The van der Waals surface area contributed by atoms with Gasteiger partial charge in [-0.05, 0) is 5.41 Å². The first kappa shape index (κ1) is 10.9. The van der Waals surface area contributed by atoms with Crippen molar-refractivity contribution in [3.05, 3.63) is 0 Å². The fourth-order valence-electron chi connectivity index (χ4n) is 0.630. The number of nitrogens with zero attached hydrogens (tertiary/aromatic N) is 1. The lowest BCUT2D eigenvalue weighted by atomic mass is 9.87. The van der Waals surface area contributed by atoms with E-state index >= 15 is 0 Å². The van der Waals surface area contributed by atoms with Gasteiger partial charge in [0.2, 0.25) is 5.91 Å². The Hall–Kier alpha value is -1.08. The number of carbonyl (C=O) groups excluding carboxylic acids is 1. The predicted molar refractivity (Wildman–Crippen MR) is 46.1 cm³/mol. The van der Waals surface area contributed by atoms with Crippen molar-refractivity contribution in [1.29, 1.82) is 5.26 Å². The Morgan fingerprint density at radius 1 is 1.67 bits per heavy atom. The van der Waals surface area contributed by atoms with E-state index in [1.807, 2.05) is 26.8 Å². The van der Waals surface area contributed by atoms with Crippen LogP contribution in [0.3, 0.4) is 0 Å². The molecule has 0 heterocycles. The van der Waals surface area contributed by atoms with Gasteiger partial charge < -0.3 is 11.1 Å². The topological polar surface area (TPSA) is 78.9 Å². The summed E-state index contributed by atoms with van der Waals surface area (Å²) in [6.07, 6.45) is 0. The molecule has 12 heavy (non-hydrogen) atoms. The summed E-state index contributed by atoms with van der Waals surface area (Å²) in [5, 5.41) is 10.6. The molecule has 0 unspecified atom stereocenters. The number of rotatable bonds is 2. The molecule has 0 rings (SSSR count). The first-order valence-electron chi connectivity index (χ1n) is 3.80. The quantitative estimate of drug-likeness (QED) is 0.571. The van der Waals surface area contributed by atoms with E-state index in [0.717, 1.165) is 0 Å². The largest absolute Gasteiger partial charge is 0.342 e. The van der Waals surface area contributed by atoms with Gasteiger partial charge in [0.15, 0.2) is 0 Å². The first-order valence-corrected chi connectivity index (χ1v) is 3.80.